The molecule has 0 spiro atoms. The SMILES string of the molecule is COc1ccc(C(=O)Nc2nc(CC(=O)Nc3c(C)cccc3C)cs2)cc1. The lowest BCUT2D eigenvalue weighted by molar-refractivity contribution is -0.115. The van der Waals surface area contributed by atoms with Crippen LogP contribution in [0.25, 0.3) is 0 Å². The van der Waals surface area contributed by atoms with Gasteiger partial charge >= 0.3 is 0 Å². The van der Waals surface area contributed by atoms with Crippen LogP contribution in [0.2, 0.25) is 0 Å². The first kappa shape index (κ1) is 19.6. The third-order valence-corrected chi connectivity index (χ3v) is 5.02. The average molecular weight is 395 g/mol. The fourth-order valence-electron chi connectivity index (χ4n) is 2.72. The highest BCUT2D eigenvalue weighted by Gasteiger charge is 2.13. The summed E-state index contributed by atoms with van der Waals surface area (Å²) in [6.45, 7) is 3.91. The smallest absolute Gasteiger partial charge is 0.257 e. The summed E-state index contributed by atoms with van der Waals surface area (Å²) in [7, 11) is 1.57. The van der Waals surface area contributed by atoms with Crippen molar-refractivity contribution < 1.29 is 14.3 Å². The largest absolute Gasteiger partial charge is 0.497 e. The van der Waals surface area contributed by atoms with Gasteiger partial charge in [0.1, 0.15) is 5.75 Å². The molecule has 28 heavy (non-hydrogen) atoms. The van der Waals surface area contributed by atoms with Gasteiger partial charge in [-0.05, 0) is 49.2 Å². The van der Waals surface area contributed by atoms with E-state index in [-0.39, 0.29) is 18.2 Å². The molecule has 0 aliphatic carbocycles. The van der Waals surface area contributed by atoms with Gasteiger partial charge in [0.25, 0.3) is 5.91 Å². The molecule has 3 rings (SSSR count). The number of benzene rings is 2. The van der Waals surface area contributed by atoms with Crippen molar-refractivity contribution >= 4 is 34.0 Å². The fourth-order valence-corrected chi connectivity index (χ4v) is 3.42. The Kier molecular flexibility index (Phi) is 6.06. The van der Waals surface area contributed by atoms with E-state index in [1.165, 1.54) is 11.3 Å². The van der Waals surface area contributed by atoms with E-state index in [0.29, 0.717) is 22.1 Å². The van der Waals surface area contributed by atoms with Crippen molar-refractivity contribution in [2.75, 3.05) is 17.7 Å². The highest BCUT2D eigenvalue weighted by Crippen LogP contribution is 2.21. The zero-order valence-corrected chi connectivity index (χ0v) is 16.7. The minimum absolute atomic E-state index is 0.142. The van der Waals surface area contributed by atoms with Crippen LogP contribution in [0.4, 0.5) is 10.8 Å². The molecule has 2 aromatic carbocycles. The molecule has 1 heterocycles. The van der Waals surface area contributed by atoms with Gasteiger partial charge in [0.15, 0.2) is 5.13 Å². The van der Waals surface area contributed by atoms with Gasteiger partial charge in [0, 0.05) is 16.6 Å². The third kappa shape index (κ3) is 4.75. The molecule has 6 nitrogen and oxygen atoms in total. The molecule has 2 amide bonds. The minimum Gasteiger partial charge on any atom is -0.497 e. The van der Waals surface area contributed by atoms with Crippen molar-refractivity contribution in [2.45, 2.75) is 20.3 Å². The first-order valence-electron chi connectivity index (χ1n) is 8.72. The van der Waals surface area contributed by atoms with E-state index in [1.807, 2.05) is 32.0 Å². The molecule has 0 saturated heterocycles. The Bertz CT molecular complexity index is 976. The molecular formula is C21H21N3O3S. The van der Waals surface area contributed by atoms with Gasteiger partial charge in [-0.15, -0.1) is 11.3 Å². The maximum atomic E-state index is 12.4. The molecule has 0 unspecified atom stereocenters. The van der Waals surface area contributed by atoms with Crippen molar-refractivity contribution in [2.24, 2.45) is 0 Å². The van der Waals surface area contributed by atoms with Crippen molar-refractivity contribution in [1.82, 2.24) is 4.98 Å². The Balaban J connectivity index is 1.60. The number of thiazole rings is 1. The summed E-state index contributed by atoms with van der Waals surface area (Å²) >= 11 is 1.29. The van der Waals surface area contributed by atoms with Crippen LogP contribution >= 0.6 is 11.3 Å². The molecule has 0 aliphatic rings. The number of para-hydroxylation sites is 1. The summed E-state index contributed by atoms with van der Waals surface area (Å²) in [5, 5.41) is 7.92. The molecule has 0 radical (unpaired) electrons. The standard InChI is InChI=1S/C21H21N3O3S/c1-13-5-4-6-14(2)19(13)23-18(25)11-16-12-28-21(22-16)24-20(26)15-7-9-17(27-3)10-8-15/h4-10,12H,11H2,1-3H3,(H,23,25)(H,22,24,26). The van der Waals surface area contributed by atoms with Crippen LogP contribution in [0.15, 0.2) is 47.8 Å². The number of methoxy groups -OCH3 is 1. The number of hydrogen-bond donors (Lipinski definition) is 2. The molecule has 2 N–H and O–H groups in total. The Morgan fingerprint density at radius 2 is 1.71 bits per heavy atom. The predicted octanol–water partition coefficient (Wildman–Crippen LogP) is 4.20. The van der Waals surface area contributed by atoms with Gasteiger partial charge < -0.3 is 10.1 Å². The normalized spacial score (nSPS) is 10.4. The molecule has 0 saturated carbocycles. The number of carbonyl (C=O) groups is 2. The van der Waals surface area contributed by atoms with Crippen LogP contribution in [0, 0.1) is 13.8 Å². The van der Waals surface area contributed by atoms with E-state index in [2.05, 4.69) is 15.6 Å². The summed E-state index contributed by atoms with van der Waals surface area (Å²) in [5.74, 6) is 0.280. The molecule has 1 aromatic heterocycles. The van der Waals surface area contributed by atoms with Crippen LogP contribution in [0.5, 0.6) is 5.75 Å². The number of aryl methyl sites for hydroxylation is 2. The number of amides is 2. The molecule has 0 atom stereocenters. The molecule has 3 aromatic rings. The van der Waals surface area contributed by atoms with Crippen LogP contribution in [-0.2, 0) is 11.2 Å². The quantitative estimate of drug-likeness (QED) is 0.655. The first-order valence-corrected chi connectivity index (χ1v) is 9.60. The van der Waals surface area contributed by atoms with E-state index in [4.69, 9.17) is 4.74 Å². The lowest BCUT2D eigenvalue weighted by Gasteiger charge is -2.10. The van der Waals surface area contributed by atoms with Gasteiger partial charge in [-0.2, -0.15) is 0 Å². The number of aromatic nitrogens is 1. The molecule has 0 aliphatic heterocycles. The lowest BCUT2D eigenvalue weighted by Crippen LogP contribution is -2.16. The molecule has 144 valence electrons. The number of anilines is 2. The molecule has 0 fully saturated rings. The summed E-state index contributed by atoms with van der Waals surface area (Å²) in [6.07, 6.45) is 0.142. The number of carbonyl (C=O) groups excluding carboxylic acids is 2. The highest BCUT2D eigenvalue weighted by atomic mass is 32.1. The van der Waals surface area contributed by atoms with Crippen LogP contribution in [-0.4, -0.2) is 23.9 Å². The van der Waals surface area contributed by atoms with Gasteiger partial charge in [0.05, 0.1) is 19.2 Å². The van der Waals surface area contributed by atoms with Gasteiger partial charge in [-0.3, -0.25) is 14.9 Å². The highest BCUT2D eigenvalue weighted by molar-refractivity contribution is 7.14. The van der Waals surface area contributed by atoms with E-state index in [0.717, 1.165) is 16.8 Å². The number of nitrogens with zero attached hydrogens (tertiary/aromatic N) is 1. The molecule has 0 bridgehead atoms. The van der Waals surface area contributed by atoms with E-state index in [1.54, 1.807) is 36.8 Å². The van der Waals surface area contributed by atoms with Gasteiger partial charge in [-0.1, -0.05) is 18.2 Å². The Morgan fingerprint density at radius 3 is 2.36 bits per heavy atom. The van der Waals surface area contributed by atoms with Crippen molar-refractivity contribution in [3.05, 3.63) is 70.2 Å². The fraction of sp³-hybridized carbons (Fsp3) is 0.190. The van der Waals surface area contributed by atoms with Crippen LogP contribution in [0.1, 0.15) is 27.2 Å². The van der Waals surface area contributed by atoms with E-state index < -0.39 is 0 Å². The maximum Gasteiger partial charge on any atom is 0.257 e. The summed E-state index contributed by atoms with van der Waals surface area (Å²) in [4.78, 5) is 29.0. The average Bonchev–Trinajstić information content (AvgIpc) is 3.11. The monoisotopic (exact) mass is 395 g/mol. The second-order valence-electron chi connectivity index (χ2n) is 6.32. The topological polar surface area (TPSA) is 80.3 Å². The second-order valence-corrected chi connectivity index (χ2v) is 7.18. The number of hydrogen-bond acceptors (Lipinski definition) is 5. The zero-order valence-electron chi connectivity index (χ0n) is 15.9. The molecular weight excluding hydrogens is 374 g/mol. The summed E-state index contributed by atoms with van der Waals surface area (Å²) in [5.41, 5.74) is 3.97. The zero-order chi connectivity index (χ0) is 20.1. The Labute approximate surface area is 167 Å². The lowest BCUT2D eigenvalue weighted by atomic mass is 10.1. The van der Waals surface area contributed by atoms with Crippen molar-refractivity contribution in [1.29, 1.82) is 0 Å². The molecule has 7 heteroatoms. The third-order valence-electron chi connectivity index (χ3n) is 4.21. The maximum absolute atomic E-state index is 12.4. The predicted molar refractivity (Wildman–Crippen MR) is 111 cm³/mol. The van der Waals surface area contributed by atoms with E-state index in [9.17, 15) is 9.59 Å². The number of nitrogens with one attached hydrogen (secondary N) is 2. The Morgan fingerprint density at radius 1 is 1.04 bits per heavy atom. The number of ether oxygens (including phenoxy) is 1. The van der Waals surface area contributed by atoms with Crippen molar-refractivity contribution in [3.8, 4) is 5.75 Å². The van der Waals surface area contributed by atoms with E-state index >= 15 is 0 Å². The van der Waals surface area contributed by atoms with Crippen LogP contribution in [0.3, 0.4) is 0 Å². The summed E-state index contributed by atoms with van der Waals surface area (Å²) in [6, 6.07) is 12.7. The van der Waals surface area contributed by atoms with Crippen molar-refractivity contribution in [3.63, 3.8) is 0 Å². The number of rotatable bonds is 6. The minimum atomic E-state index is -0.261. The second kappa shape index (κ2) is 8.67. The first-order chi connectivity index (χ1) is 13.5. The van der Waals surface area contributed by atoms with Crippen LogP contribution < -0.4 is 15.4 Å². The summed E-state index contributed by atoms with van der Waals surface area (Å²) < 4.78 is 5.08. The van der Waals surface area contributed by atoms with Gasteiger partial charge in [0.2, 0.25) is 5.91 Å². The Hall–Kier alpha value is -3.19. The van der Waals surface area contributed by atoms with Gasteiger partial charge in [-0.25, -0.2) is 4.98 Å².